The maximum Gasteiger partial charge on any atom is 0.222 e. The zero-order valence-corrected chi connectivity index (χ0v) is 11.9. The summed E-state index contributed by atoms with van der Waals surface area (Å²) < 4.78 is 0. The van der Waals surface area contributed by atoms with Gasteiger partial charge in [0.2, 0.25) is 5.91 Å². The molecule has 2 heterocycles. The molecule has 1 amide bonds. The quantitative estimate of drug-likeness (QED) is 0.811. The fourth-order valence-corrected chi connectivity index (χ4v) is 4.26. The molecule has 2 unspecified atom stereocenters. The molecule has 3 N–H and O–H groups in total. The molecule has 0 radical (unpaired) electrons. The lowest BCUT2D eigenvalue weighted by Gasteiger charge is -2.33. The fourth-order valence-electron chi connectivity index (χ4n) is 4.26. The molecule has 108 valence electrons. The number of fused-ring (bicyclic) bond motifs is 1. The van der Waals surface area contributed by atoms with E-state index in [-0.39, 0.29) is 11.4 Å². The van der Waals surface area contributed by atoms with Crippen LogP contribution < -0.4 is 11.1 Å². The molecule has 4 heteroatoms. The minimum absolute atomic E-state index is 0.183. The Hall–Kier alpha value is -0.610. The molecular formula is C15H27N3O. The van der Waals surface area contributed by atoms with Gasteiger partial charge in [-0.15, -0.1) is 0 Å². The Morgan fingerprint density at radius 2 is 1.95 bits per heavy atom. The molecule has 1 aliphatic carbocycles. The molecule has 3 fully saturated rings. The van der Waals surface area contributed by atoms with Crippen molar-refractivity contribution in [3.63, 3.8) is 0 Å². The van der Waals surface area contributed by atoms with E-state index in [9.17, 15) is 4.79 Å². The lowest BCUT2D eigenvalue weighted by atomic mass is 9.80. The van der Waals surface area contributed by atoms with Crippen molar-refractivity contribution in [2.24, 2.45) is 5.73 Å². The van der Waals surface area contributed by atoms with Crippen LogP contribution in [0.3, 0.4) is 0 Å². The van der Waals surface area contributed by atoms with Gasteiger partial charge < -0.3 is 11.1 Å². The van der Waals surface area contributed by atoms with Gasteiger partial charge in [0.05, 0.1) is 0 Å². The standard InChI is InChI=1S/C15H27N3O/c16-15(7-2-1-3-8-15)11-14(19)17-12-6-10-18-9-4-5-13(12)18/h12-13H,1-11,16H2,(H,17,19). The Balaban J connectivity index is 1.51. The summed E-state index contributed by atoms with van der Waals surface area (Å²) in [5.74, 6) is 0.183. The van der Waals surface area contributed by atoms with Crippen LogP contribution >= 0.6 is 0 Å². The lowest BCUT2D eigenvalue weighted by molar-refractivity contribution is -0.123. The van der Waals surface area contributed by atoms with E-state index in [0.29, 0.717) is 18.5 Å². The van der Waals surface area contributed by atoms with Gasteiger partial charge in [-0.25, -0.2) is 0 Å². The highest BCUT2D eigenvalue weighted by molar-refractivity contribution is 5.77. The third-order valence-electron chi connectivity index (χ3n) is 5.31. The van der Waals surface area contributed by atoms with Crippen molar-refractivity contribution in [3.8, 4) is 0 Å². The van der Waals surface area contributed by atoms with Crippen molar-refractivity contribution in [2.45, 2.75) is 75.4 Å². The van der Waals surface area contributed by atoms with Crippen molar-refractivity contribution in [1.29, 1.82) is 0 Å². The summed E-state index contributed by atoms with van der Waals surface area (Å²) in [4.78, 5) is 14.8. The predicted molar refractivity (Wildman–Crippen MR) is 75.8 cm³/mol. The minimum atomic E-state index is -0.226. The van der Waals surface area contributed by atoms with Crippen LogP contribution in [-0.2, 0) is 4.79 Å². The molecular weight excluding hydrogens is 238 g/mol. The SMILES string of the molecule is NC1(CC(=O)NC2CCN3CCCC23)CCCCC1. The number of rotatable bonds is 3. The van der Waals surface area contributed by atoms with Gasteiger partial charge in [-0.2, -0.15) is 0 Å². The third kappa shape index (κ3) is 2.95. The van der Waals surface area contributed by atoms with Gasteiger partial charge in [0.1, 0.15) is 0 Å². The maximum atomic E-state index is 12.3. The van der Waals surface area contributed by atoms with E-state index < -0.39 is 0 Å². The van der Waals surface area contributed by atoms with Crippen LogP contribution in [0.15, 0.2) is 0 Å². The van der Waals surface area contributed by atoms with Gasteiger partial charge >= 0.3 is 0 Å². The molecule has 0 aromatic heterocycles. The Morgan fingerprint density at radius 1 is 1.16 bits per heavy atom. The Kier molecular flexibility index (Phi) is 3.81. The van der Waals surface area contributed by atoms with Crippen LogP contribution in [0.1, 0.15) is 57.8 Å². The number of nitrogens with one attached hydrogen (secondary N) is 1. The third-order valence-corrected chi connectivity index (χ3v) is 5.31. The molecule has 0 aromatic rings. The van der Waals surface area contributed by atoms with Crippen LogP contribution in [-0.4, -0.2) is 41.5 Å². The lowest BCUT2D eigenvalue weighted by Crippen LogP contribution is -2.49. The van der Waals surface area contributed by atoms with Gasteiger partial charge in [0.15, 0.2) is 0 Å². The van der Waals surface area contributed by atoms with E-state index in [4.69, 9.17) is 5.73 Å². The minimum Gasteiger partial charge on any atom is -0.352 e. The largest absolute Gasteiger partial charge is 0.352 e. The van der Waals surface area contributed by atoms with E-state index in [2.05, 4.69) is 10.2 Å². The van der Waals surface area contributed by atoms with Crippen LogP contribution in [0.5, 0.6) is 0 Å². The summed E-state index contributed by atoms with van der Waals surface area (Å²) in [5.41, 5.74) is 6.14. The summed E-state index contributed by atoms with van der Waals surface area (Å²) in [7, 11) is 0. The van der Waals surface area contributed by atoms with E-state index in [1.807, 2.05) is 0 Å². The smallest absolute Gasteiger partial charge is 0.222 e. The molecule has 0 bridgehead atoms. The molecule has 2 atom stereocenters. The summed E-state index contributed by atoms with van der Waals surface area (Å²) in [6, 6.07) is 0.978. The van der Waals surface area contributed by atoms with E-state index >= 15 is 0 Å². The number of nitrogens with zero attached hydrogens (tertiary/aromatic N) is 1. The number of carbonyl (C=O) groups excluding carboxylic acids is 1. The monoisotopic (exact) mass is 265 g/mol. The van der Waals surface area contributed by atoms with E-state index in [1.165, 1.54) is 38.6 Å². The Bertz CT molecular complexity index is 338. The Morgan fingerprint density at radius 3 is 2.74 bits per heavy atom. The first-order valence-corrected chi connectivity index (χ1v) is 7.99. The summed E-state index contributed by atoms with van der Waals surface area (Å²) in [5, 5.41) is 3.26. The molecule has 3 aliphatic rings. The topological polar surface area (TPSA) is 58.4 Å². The Labute approximate surface area is 116 Å². The number of hydrogen-bond acceptors (Lipinski definition) is 3. The highest BCUT2D eigenvalue weighted by Crippen LogP contribution is 2.30. The molecule has 1 saturated carbocycles. The second-order valence-corrected chi connectivity index (χ2v) is 6.81. The maximum absolute atomic E-state index is 12.3. The van der Waals surface area contributed by atoms with Crippen LogP contribution in [0, 0.1) is 0 Å². The van der Waals surface area contributed by atoms with Gasteiger partial charge in [-0.3, -0.25) is 9.69 Å². The van der Waals surface area contributed by atoms with Crippen LogP contribution in [0.2, 0.25) is 0 Å². The highest BCUT2D eigenvalue weighted by Gasteiger charge is 2.38. The number of carbonyl (C=O) groups is 1. The van der Waals surface area contributed by atoms with Gasteiger partial charge in [-0.05, 0) is 38.6 Å². The second-order valence-electron chi connectivity index (χ2n) is 6.81. The van der Waals surface area contributed by atoms with Gasteiger partial charge in [0.25, 0.3) is 0 Å². The summed E-state index contributed by atoms with van der Waals surface area (Å²) in [6.07, 6.45) is 9.86. The number of hydrogen-bond donors (Lipinski definition) is 2. The van der Waals surface area contributed by atoms with Crippen molar-refractivity contribution in [1.82, 2.24) is 10.2 Å². The summed E-state index contributed by atoms with van der Waals surface area (Å²) in [6.45, 7) is 2.38. The van der Waals surface area contributed by atoms with Crippen molar-refractivity contribution in [2.75, 3.05) is 13.1 Å². The number of amides is 1. The van der Waals surface area contributed by atoms with Gasteiger partial charge in [0, 0.05) is 30.6 Å². The molecule has 0 aromatic carbocycles. The van der Waals surface area contributed by atoms with Gasteiger partial charge in [-0.1, -0.05) is 19.3 Å². The fraction of sp³-hybridized carbons (Fsp3) is 0.933. The average Bonchev–Trinajstić information content (AvgIpc) is 2.94. The van der Waals surface area contributed by atoms with E-state index in [1.54, 1.807) is 0 Å². The van der Waals surface area contributed by atoms with Crippen molar-refractivity contribution >= 4 is 5.91 Å². The van der Waals surface area contributed by atoms with Crippen molar-refractivity contribution < 1.29 is 4.79 Å². The van der Waals surface area contributed by atoms with Crippen molar-refractivity contribution in [3.05, 3.63) is 0 Å². The molecule has 2 saturated heterocycles. The number of nitrogens with two attached hydrogens (primary N) is 1. The normalized spacial score (nSPS) is 34.2. The second kappa shape index (κ2) is 5.41. The first-order chi connectivity index (χ1) is 9.16. The molecule has 2 aliphatic heterocycles. The zero-order valence-electron chi connectivity index (χ0n) is 11.9. The van der Waals surface area contributed by atoms with Crippen LogP contribution in [0.4, 0.5) is 0 Å². The molecule has 0 spiro atoms. The summed E-state index contributed by atoms with van der Waals surface area (Å²) >= 11 is 0. The highest BCUT2D eigenvalue weighted by atomic mass is 16.1. The molecule has 3 rings (SSSR count). The first-order valence-electron chi connectivity index (χ1n) is 7.99. The van der Waals surface area contributed by atoms with E-state index in [0.717, 1.165) is 25.8 Å². The predicted octanol–water partition coefficient (Wildman–Crippen LogP) is 1.39. The molecule has 19 heavy (non-hydrogen) atoms. The van der Waals surface area contributed by atoms with Crippen LogP contribution in [0.25, 0.3) is 0 Å². The first kappa shape index (κ1) is 13.4. The average molecular weight is 265 g/mol. The zero-order chi connectivity index (χ0) is 13.3. The molecule has 4 nitrogen and oxygen atoms in total.